The van der Waals surface area contributed by atoms with Gasteiger partial charge in [0.05, 0.1) is 33.0 Å². The molecule has 0 bridgehead atoms. The maximum absolute atomic E-state index is 12.4. The van der Waals surface area contributed by atoms with Gasteiger partial charge in [0.15, 0.2) is 0 Å². The Morgan fingerprint density at radius 3 is 2.69 bits per heavy atom. The van der Waals surface area contributed by atoms with Gasteiger partial charge in [-0.3, -0.25) is 9.69 Å². The van der Waals surface area contributed by atoms with Crippen molar-refractivity contribution in [1.82, 2.24) is 4.90 Å². The first kappa shape index (κ1) is 18.3. The number of hydrogen-bond acceptors (Lipinski definition) is 5. The summed E-state index contributed by atoms with van der Waals surface area (Å²) in [5.74, 6) is 4.36. The van der Waals surface area contributed by atoms with Gasteiger partial charge in [-0.25, -0.2) is 0 Å². The minimum atomic E-state index is -0.123. The van der Waals surface area contributed by atoms with Crippen LogP contribution in [0, 0.1) is 5.92 Å². The molecule has 140 valence electrons. The number of nitrogens with zero attached hydrogens (tertiary/aromatic N) is 1. The third kappa shape index (κ3) is 4.38. The lowest BCUT2D eigenvalue weighted by Crippen LogP contribution is -2.29. The average molecular weight is 358 g/mol. The first-order valence-electron chi connectivity index (χ1n) is 8.79. The Kier molecular flexibility index (Phi) is 5.52. The maximum atomic E-state index is 12.4. The van der Waals surface area contributed by atoms with Crippen LogP contribution in [-0.2, 0) is 11.3 Å². The minimum absolute atomic E-state index is 0.123. The summed E-state index contributed by atoms with van der Waals surface area (Å²) in [5.41, 5.74) is 0.591. The smallest absolute Gasteiger partial charge is 0.238 e. The van der Waals surface area contributed by atoms with E-state index >= 15 is 0 Å². The molecule has 1 fully saturated rings. The number of hydrogen-bond donors (Lipinski definition) is 1. The van der Waals surface area contributed by atoms with Gasteiger partial charge in [-0.1, -0.05) is 6.92 Å². The van der Waals surface area contributed by atoms with Crippen molar-refractivity contribution < 1.29 is 18.7 Å². The van der Waals surface area contributed by atoms with Crippen LogP contribution in [0.4, 0.5) is 5.69 Å². The quantitative estimate of drug-likeness (QED) is 0.783. The van der Waals surface area contributed by atoms with E-state index < -0.39 is 0 Å². The Hall–Kier alpha value is -2.47. The normalized spacial score (nSPS) is 18.7. The molecule has 0 spiro atoms. The Labute approximate surface area is 154 Å². The van der Waals surface area contributed by atoms with Crippen molar-refractivity contribution in [3.05, 3.63) is 41.9 Å². The van der Waals surface area contributed by atoms with Crippen LogP contribution in [0.15, 0.2) is 34.7 Å². The fourth-order valence-corrected chi connectivity index (χ4v) is 3.07. The monoisotopic (exact) mass is 358 g/mol. The van der Waals surface area contributed by atoms with Crippen LogP contribution in [-0.4, -0.2) is 38.6 Å². The van der Waals surface area contributed by atoms with Gasteiger partial charge >= 0.3 is 0 Å². The summed E-state index contributed by atoms with van der Waals surface area (Å²) in [6.07, 6.45) is 1.20. The Balaban J connectivity index is 1.55. The van der Waals surface area contributed by atoms with Crippen molar-refractivity contribution in [2.24, 2.45) is 5.92 Å². The molecular formula is C20H26N2O4. The molecule has 1 saturated carbocycles. The third-order valence-corrected chi connectivity index (χ3v) is 4.68. The lowest BCUT2D eigenvalue weighted by atomic mass is 10.2. The number of likely N-dealkylation sites (N-methyl/N-ethyl adjacent to an activating group) is 1. The van der Waals surface area contributed by atoms with Gasteiger partial charge in [-0.15, -0.1) is 0 Å². The van der Waals surface area contributed by atoms with Crippen molar-refractivity contribution in [1.29, 1.82) is 0 Å². The molecule has 1 N–H and O–H groups in total. The standard InChI is InChI=1S/C20H26N2O4/c1-13-9-16(13)18-7-6-15(26-18)11-22(2)12-20(23)21-17-10-14(24-3)5-8-19(17)25-4/h5-8,10,13,16H,9,11-12H2,1-4H3,(H,21,23)/t13-,16+/m0/s1. The van der Waals surface area contributed by atoms with E-state index in [1.54, 1.807) is 32.4 Å². The van der Waals surface area contributed by atoms with Gasteiger partial charge in [0.25, 0.3) is 0 Å². The zero-order valence-corrected chi connectivity index (χ0v) is 15.7. The van der Waals surface area contributed by atoms with E-state index in [2.05, 4.69) is 18.3 Å². The Morgan fingerprint density at radius 1 is 1.27 bits per heavy atom. The lowest BCUT2D eigenvalue weighted by Gasteiger charge is -2.16. The Bertz CT molecular complexity index is 771. The number of nitrogens with one attached hydrogen (secondary N) is 1. The molecule has 0 unspecified atom stereocenters. The number of benzene rings is 1. The van der Waals surface area contributed by atoms with Crippen LogP contribution in [0.1, 0.15) is 30.8 Å². The predicted octanol–water partition coefficient (Wildman–Crippen LogP) is 3.49. The summed E-state index contributed by atoms with van der Waals surface area (Å²) in [6.45, 7) is 3.07. The second-order valence-corrected chi connectivity index (χ2v) is 6.91. The van der Waals surface area contributed by atoms with Gasteiger partial charge in [-0.2, -0.15) is 0 Å². The second kappa shape index (κ2) is 7.83. The molecule has 0 radical (unpaired) electrons. The van der Waals surface area contributed by atoms with E-state index in [0.29, 0.717) is 29.6 Å². The van der Waals surface area contributed by atoms with E-state index in [1.165, 1.54) is 6.42 Å². The molecule has 1 aliphatic carbocycles. The number of anilines is 1. The van der Waals surface area contributed by atoms with E-state index in [1.807, 2.05) is 18.0 Å². The number of rotatable bonds is 8. The predicted molar refractivity (Wildman–Crippen MR) is 99.7 cm³/mol. The molecule has 0 aliphatic heterocycles. The van der Waals surface area contributed by atoms with Crippen LogP contribution in [0.2, 0.25) is 0 Å². The van der Waals surface area contributed by atoms with E-state index in [0.717, 1.165) is 17.4 Å². The third-order valence-electron chi connectivity index (χ3n) is 4.68. The summed E-state index contributed by atoms with van der Waals surface area (Å²) in [5, 5.41) is 2.88. The number of carbonyl (C=O) groups is 1. The highest BCUT2D eigenvalue weighted by Gasteiger charge is 2.36. The molecule has 0 saturated heterocycles. The molecule has 2 atom stereocenters. The number of carbonyl (C=O) groups excluding carboxylic acids is 1. The first-order chi connectivity index (χ1) is 12.5. The van der Waals surface area contributed by atoms with Crippen molar-refractivity contribution in [3.8, 4) is 11.5 Å². The van der Waals surface area contributed by atoms with Crippen molar-refractivity contribution in [2.45, 2.75) is 25.8 Å². The van der Waals surface area contributed by atoms with E-state index in [-0.39, 0.29) is 12.5 Å². The zero-order valence-electron chi connectivity index (χ0n) is 15.7. The van der Waals surface area contributed by atoms with Crippen molar-refractivity contribution >= 4 is 11.6 Å². The largest absolute Gasteiger partial charge is 0.497 e. The van der Waals surface area contributed by atoms with Gasteiger partial charge in [0.1, 0.15) is 23.0 Å². The zero-order chi connectivity index (χ0) is 18.7. The molecule has 2 aromatic rings. The van der Waals surface area contributed by atoms with Gasteiger partial charge in [0.2, 0.25) is 5.91 Å². The molecule has 6 nitrogen and oxygen atoms in total. The summed E-state index contributed by atoms with van der Waals surface area (Å²) < 4.78 is 16.4. The molecule has 1 aliphatic rings. The van der Waals surface area contributed by atoms with Crippen LogP contribution < -0.4 is 14.8 Å². The number of ether oxygens (including phenoxy) is 2. The first-order valence-corrected chi connectivity index (χ1v) is 8.79. The van der Waals surface area contributed by atoms with Crippen LogP contribution in [0.5, 0.6) is 11.5 Å². The molecule has 1 aromatic heterocycles. The van der Waals surface area contributed by atoms with Crippen LogP contribution >= 0.6 is 0 Å². The summed E-state index contributed by atoms with van der Waals surface area (Å²) >= 11 is 0. The number of furan rings is 1. The molecule has 1 heterocycles. The highest BCUT2D eigenvalue weighted by atomic mass is 16.5. The molecule has 1 amide bonds. The summed E-state index contributed by atoms with van der Waals surface area (Å²) in [7, 11) is 5.05. The van der Waals surface area contributed by atoms with E-state index in [4.69, 9.17) is 13.9 Å². The topological polar surface area (TPSA) is 63.9 Å². The van der Waals surface area contributed by atoms with Crippen LogP contribution in [0.25, 0.3) is 0 Å². The Morgan fingerprint density at radius 2 is 2.04 bits per heavy atom. The van der Waals surface area contributed by atoms with Crippen LogP contribution in [0.3, 0.4) is 0 Å². The summed E-state index contributed by atoms with van der Waals surface area (Å²) in [4.78, 5) is 14.3. The molecule has 26 heavy (non-hydrogen) atoms. The lowest BCUT2D eigenvalue weighted by molar-refractivity contribution is -0.117. The molecular weight excluding hydrogens is 332 g/mol. The number of amides is 1. The highest BCUT2D eigenvalue weighted by molar-refractivity contribution is 5.93. The molecule has 1 aromatic carbocycles. The van der Waals surface area contributed by atoms with E-state index in [9.17, 15) is 4.79 Å². The fraction of sp³-hybridized carbons (Fsp3) is 0.450. The van der Waals surface area contributed by atoms with Gasteiger partial charge < -0.3 is 19.2 Å². The fourth-order valence-electron chi connectivity index (χ4n) is 3.07. The average Bonchev–Trinajstić information content (AvgIpc) is 3.16. The minimum Gasteiger partial charge on any atom is -0.497 e. The molecule has 3 rings (SSSR count). The number of methoxy groups -OCH3 is 2. The van der Waals surface area contributed by atoms with Gasteiger partial charge in [0, 0.05) is 12.0 Å². The highest BCUT2D eigenvalue weighted by Crippen LogP contribution is 2.47. The van der Waals surface area contributed by atoms with Crippen molar-refractivity contribution in [2.75, 3.05) is 33.1 Å². The molecule has 6 heteroatoms. The SMILES string of the molecule is COc1ccc(OC)c(NC(=O)CN(C)Cc2ccc([C@@H]3C[C@@H]3C)o2)c1. The van der Waals surface area contributed by atoms with Crippen molar-refractivity contribution in [3.63, 3.8) is 0 Å². The summed E-state index contributed by atoms with van der Waals surface area (Å²) in [6, 6.07) is 9.35. The van der Waals surface area contributed by atoms with Gasteiger partial charge in [-0.05, 0) is 43.7 Å². The maximum Gasteiger partial charge on any atom is 0.238 e. The second-order valence-electron chi connectivity index (χ2n) is 6.91.